The molecule has 1 saturated carbocycles. The highest BCUT2D eigenvalue weighted by molar-refractivity contribution is 5.98. The Balaban J connectivity index is 1.69. The minimum Gasteiger partial charge on any atom is -0.465 e. The molecule has 0 radical (unpaired) electrons. The number of amides is 2. The Hall–Kier alpha value is -2.19. The number of ether oxygens (including phenoxy) is 2. The van der Waals surface area contributed by atoms with Crippen LogP contribution in [-0.2, 0) is 23.9 Å². The summed E-state index contributed by atoms with van der Waals surface area (Å²) in [6.07, 6.45) is 10.1. The molecule has 3 heterocycles. The lowest BCUT2D eigenvalue weighted by Gasteiger charge is -2.40. The van der Waals surface area contributed by atoms with Gasteiger partial charge in [-0.3, -0.25) is 14.4 Å². The predicted molar refractivity (Wildman–Crippen MR) is 126 cm³/mol. The topological polar surface area (TPSA) is 96.4 Å². The van der Waals surface area contributed by atoms with Crippen molar-refractivity contribution >= 4 is 17.8 Å². The van der Waals surface area contributed by atoms with E-state index in [1.165, 1.54) is 4.90 Å². The minimum absolute atomic E-state index is 0.0262. The van der Waals surface area contributed by atoms with Crippen molar-refractivity contribution in [3.8, 4) is 0 Å². The molecule has 2 amide bonds. The number of nitrogens with zero attached hydrogens (tertiary/aromatic N) is 2. The lowest BCUT2D eigenvalue weighted by molar-refractivity contribution is -0.160. The number of esters is 1. The molecule has 0 aromatic carbocycles. The first-order valence-corrected chi connectivity index (χ1v) is 12.6. The van der Waals surface area contributed by atoms with E-state index in [-0.39, 0.29) is 37.6 Å². The molecule has 34 heavy (non-hydrogen) atoms. The van der Waals surface area contributed by atoms with Crippen molar-refractivity contribution in [2.45, 2.75) is 81.6 Å². The quantitative estimate of drug-likeness (QED) is 0.296. The molecule has 3 saturated heterocycles. The van der Waals surface area contributed by atoms with E-state index >= 15 is 0 Å². The zero-order chi connectivity index (χ0) is 24.5. The fourth-order valence-corrected chi connectivity index (χ4v) is 6.85. The Kier molecular flexibility index (Phi) is 7.20. The number of hydrogen-bond acceptors (Lipinski definition) is 6. The van der Waals surface area contributed by atoms with E-state index in [0.29, 0.717) is 25.8 Å². The first-order valence-electron chi connectivity index (χ1n) is 12.6. The first-order chi connectivity index (χ1) is 16.3. The van der Waals surface area contributed by atoms with Crippen LogP contribution >= 0.6 is 0 Å². The van der Waals surface area contributed by atoms with Gasteiger partial charge < -0.3 is 24.4 Å². The molecular weight excluding hydrogens is 436 g/mol. The molecule has 8 heteroatoms. The highest BCUT2D eigenvalue weighted by atomic mass is 16.6. The van der Waals surface area contributed by atoms with Crippen LogP contribution in [0.2, 0.25) is 0 Å². The van der Waals surface area contributed by atoms with Crippen molar-refractivity contribution in [1.82, 2.24) is 9.80 Å². The number of carbonyl (C=O) groups is 3. The summed E-state index contributed by atoms with van der Waals surface area (Å²) in [6, 6.07) is -0.776. The van der Waals surface area contributed by atoms with Crippen LogP contribution in [-0.4, -0.2) is 82.3 Å². The van der Waals surface area contributed by atoms with Crippen molar-refractivity contribution in [2.24, 2.45) is 11.8 Å². The Morgan fingerprint density at radius 3 is 2.62 bits per heavy atom. The predicted octanol–water partition coefficient (Wildman–Crippen LogP) is 2.21. The number of aliphatic hydroxyl groups excluding tert-OH is 1. The Morgan fingerprint density at radius 1 is 1.24 bits per heavy atom. The van der Waals surface area contributed by atoms with E-state index in [1.807, 2.05) is 11.8 Å². The number of carbonyl (C=O) groups excluding carboxylic acids is 3. The summed E-state index contributed by atoms with van der Waals surface area (Å²) >= 11 is 0. The second-order valence-corrected chi connectivity index (χ2v) is 10.3. The largest absolute Gasteiger partial charge is 0.465 e. The smallest absolute Gasteiger partial charge is 0.312 e. The summed E-state index contributed by atoms with van der Waals surface area (Å²) in [5.74, 6) is -2.50. The van der Waals surface area contributed by atoms with Gasteiger partial charge in [-0.1, -0.05) is 31.4 Å². The molecule has 5 atom stereocenters. The highest BCUT2D eigenvalue weighted by Gasteiger charge is 2.78. The van der Waals surface area contributed by atoms with Gasteiger partial charge in [0.2, 0.25) is 11.8 Å². The van der Waals surface area contributed by atoms with Gasteiger partial charge in [0, 0.05) is 19.1 Å². The van der Waals surface area contributed by atoms with Crippen LogP contribution in [0.15, 0.2) is 25.3 Å². The molecule has 3 aliphatic heterocycles. The fourth-order valence-electron chi connectivity index (χ4n) is 6.85. The molecule has 4 aliphatic rings. The van der Waals surface area contributed by atoms with Crippen LogP contribution in [0, 0.1) is 11.8 Å². The number of likely N-dealkylation sites (tertiary alicyclic amines) is 1. The molecule has 1 N–H and O–H groups in total. The summed E-state index contributed by atoms with van der Waals surface area (Å²) in [4.78, 5) is 44.4. The maximum absolute atomic E-state index is 14.2. The van der Waals surface area contributed by atoms with Gasteiger partial charge in [0.05, 0.1) is 24.7 Å². The van der Waals surface area contributed by atoms with Gasteiger partial charge in [0.15, 0.2) is 0 Å². The van der Waals surface area contributed by atoms with E-state index in [0.717, 1.165) is 32.1 Å². The Labute approximate surface area is 201 Å². The third-order valence-electron chi connectivity index (χ3n) is 8.30. The summed E-state index contributed by atoms with van der Waals surface area (Å²) in [7, 11) is 0. The second kappa shape index (κ2) is 9.82. The second-order valence-electron chi connectivity index (χ2n) is 10.3. The minimum atomic E-state index is -1.09. The monoisotopic (exact) mass is 474 g/mol. The van der Waals surface area contributed by atoms with Crippen LogP contribution < -0.4 is 0 Å². The lowest BCUT2D eigenvalue weighted by Crippen LogP contribution is -2.58. The summed E-state index contributed by atoms with van der Waals surface area (Å²) < 4.78 is 12.1. The van der Waals surface area contributed by atoms with Crippen molar-refractivity contribution in [2.75, 3.05) is 26.3 Å². The Morgan fingerprint density at radius 2 is 1.97 bits per heavy atom. The standard InChI is InChI=1S/C26H38N2O6/c1-4-6-17-33-24(32)20-19-22(30)28(15-16-29)21(26(19)13-12-25(20,3)34-26)23(31)27(14-5-2)18-10-8-7-9-11-18/h4-5,18-21,29H,1-2,6-17H2,3H3/t19-,20-,21?,25+,26?/m0/s1. The van der Waals surface area contributed by atoms with E-state index in [9.17, 15) is 19.5 Å². The number of fused-ring (bicyclic) bond motifs is 1. The van der Waals surface area contributed by atoms with Gasteiger partial charge in [-0.05, 0) is 39.0 Å². The van der Waals surface area contributed by atoms with E-state index in [1.54, 1.807) is 12.2 Å². The molecule has 8 nitrogen and oxygen atoms in total. The summed E-state index contributed by atoms with van der Waals surface area (Å²) in [5.41, 5.74) is -1.95. The number of hydrogen-bond donors (Lipinski definition) is 1. The normalized spacial score (nSPS) is 34.7. The molecule has 188 valence electrons. The molecule has 0 aromatic heterocycles. The van der Waals surface area contributed by atoms with Crippen molar-refractivity contribution in [1.29, 1.82) is 0 Å². The third-order valence-corrected chi connectivity index (χ3v) is 8.30. The highest BCUT2D eigenvalue weighted by Crippen LogP contribution is 2.63. The molecule has 2 unspecified atom stereocenters. The SMILES string of the molecule is C=CCCOC(=O)[C@@H]1[C@H]2C(=O)N(CCO)C(C(=O)N(CC=C)C3CCCCC3)C23CC[C@@]1(C)O3. The molecule has 4 rings (SSSR count). The van der Waals surface area contributed by atoms with Crippen LogP contribution in [0.5, 0.6) is 0 Å². The van der Waals surface area contributed by atoms with Crippen molar-refractivity contribution in [3.05, 3.63) is 25.3 Å². The zero-order valence-electron chi connectivity index (χ0n) is 20.2. The van der Waals surface area contributed by atoms with Crippen LogP contribution in [0.4, 0.5) is 0 Å². The zero-order valence-corrected chi connectivity index (χ0v) is 20.2. The van der Waals surface area contributed by atoms with Gasteiger partial charge in [-0.25, -0.2) is 0 Å². The average Bonchev–Trinajstić information content (AvgIpc) is 3.39. The van der Waals surface area contributed by atoms with E-state index in [2.05, 4.69) is 13.2 Å². The maximum atomic E-state index is 14.2. The van der Waals surface area contributed by atoms with Crippen molar-refractivity contribution < 1.29 is 29.0 Å². The summed E-state index contributed by atoms with van der Waals surface area (Å²) in [5, 5.41) is 9.76. The van der Waals surface area contributed by atoms with Gasteiger partial charge in [-0.2, -0.15) is 0 Å². The van der Waals surface area contributed by atoms with Crippen molar-refractivity contribution in [3.63, 3.8) is 0 Å². The number of β-amino-alcohol motifs (C(OH)–C–C–N with tert-alkyl or cyclic N) is 1. The number of aliphatic hydroxyl groups is 1. The lowest BCUT2D eigenvalue weighted by atomic mass is 9.66. The molecule has 2 bridgehead atoms. The molecule has 0 aromatic rings. The molecule has 4 fully saturated rings. The van der Waals surface area contributed by atoms with Gasteiger partial charge in [-0.15, -0.1) is 13.2 Å². The van der Waals surface area contributed by atoms with Crippen LogP contribution in [0.3, 0.4) is 0 Å². The third kappa shape index (κ3) is 3.88. The van der Waals surface area contributed by atoms with Gasteiger partial charge in [0.1, 0.15) is 17.6 Å². The Bertz CT molecular complexity index is 839. The van der Waals surface area contributed by atoms with Gasteiger partial charge in [0.25, 0.3) is 0 Å². The maximum Gasteiger partial charge on any atom is 0.312 e. The fraction of sp³-hybridized carbons (Fsp3) is 0.731. The van der Waals surface area contributed by atoms with Crippen LogP contribution in [0.25, 0.3) is 0 Å². The van der Waals surface area contributed by atoms with E-state index in [4.69, 9.17) is 9.47 Å². The van der Waals surface area contributed by atoms with Gasteiger partial charge >= 0.3 is 5.97 Å². The first kappa shape index (κ1) is 24.9. The molecule has 1 aliphatic carbocycles. The average molecular weight is 475 g/mol. The number of rotatable bonds is 10. The van der Waals surface area contributed by atoms with E-state index < -0.39 is 35.0 Å². The summed E-state index contributed by atoms with van der Waals surface area (Å²) in [6.45, 7) is 9.71. The molecular formula is C26H38N2O6. The molecule has 1 spiro atoms. The van der Waals surface area contributed by atoms with Crippen LogP contribution in [0.1, 0.15) is 58.3 Å².